The van der Waals surface area contributed by atoms with E-state index < -0.39 is 0 Å². The van der Waals surface area contributed by atoms with Crippen LogP contribution in [0, 0.1) is 0 Å². The number of hydrogen-bond donors (Lipinski definition) is 0. The Hall–Kier alpha value is -6.06. The molecule has 0 atom stereocenters. The molecule has 212 valence electrons. The molecule has 9 rings (SSSR count). The fourth-order valence-corrected chi connectivity index (χ4v) is 6.85. The van der Waals surface area contributed by atoms with Crippen LogP contribution in [0.2, 0.25) is 0 Å². The zero-order valence-electron chi connectivity index (χ0n) is 24.6. The first-order valence-electron chi connectivity index (χ1n) is 15.4. The van der Waals surface area contributed by atoms with Crippen molar-refractivity contribution in [3.05, 3.63) is 176 Å². The zero-order valence-corrected chi connectivity index (χ0v) is 24.6. The highest BCUT2D eigenvalue weighted by Crippen LogP contribution is 2.40. The van der Waals surface area contributed by atoms with Crippen molar-refractivity contribution in [2.75, 3.05) is 4.90 Å². The van der Waals surface area contributed by atoms with E-state index in [1.165, 1.54) is 43.5 Å². The van der Waals surface area contributed by atoms with Crippen molar-refractivity contribution in [2.24, 2.45) is 0 Å². The van der Waals surface area contributed by atoms with Gasteiger partial charge in [-0.1, -0.05) is 84.9 Å². The summed E-state index contributed by atoms with van der Waals surface area (Å²) in [4.78, 5) is 2.31. The van der Waals surface area contributed by atoms with Crippen LogP contribution in [-0.2, 0) is 0 Å². The van der Waals surface area contributed by atoms with Crippen molar-refractivity contribution in [1.82, 2.24) is 9.13 Å². The standard InChI is InChI=1S/C42H29N3/c1-4-12-32(13-5-1)43-27-26-31-28-30-20-25-38-37-18-10-11-19-40(37)45(42(38)39(30)29-41(31)43)36-23-21-35(22-24-36)44(33-14-6-2-7-15-33)34-16-8-3-9-17-34/h1-29H. The molecule has 0 unspecified atom stereocenters. The SMILES string of the molecule is c1ccc(N(c2ccccc2)c2ccc(-n3c4ccccc4c4ccc5cc6ccn(-c7ccccc7)c6cc5c43)cc2)cc1. The van der Waals surface area contributed by atoms with Gasteiger partial charge in [-0.2, -0.15) is 0 Å². The van der Waals surface area contributed by atoms with E-state index in [1.54, 1.807) is 0 Å². The number of para-hydroxylation sites is 4. The van der Waals surface area contributed by atoms with Gasteiger partial charge in [-0.15, -0.1) is 0 Å². The second-order valence-corrected chi connectivity index (χ2v) is 11.5. The molecule has 0 bridgehead atoms. The predicted molar refractivity (Wildman–Crippen MR) is 190 cm³/mol. The van der Waals surface area contributed by atoms with Crippen molar-refractivity contribution in [1.29, 1.82) is 0 Å². The summed E-state index contributed by atoms with van der Waals surface area (Å²) in [5.74, 6) is 0. The lowest BCUT2D eigenvalue weighted by molar-refractivity contribution is 1.13. The first-order chi connectivity index (χ1) is 22.3. The quantitative estimate of drug-likeness (QED) is 0.199. The van der Waals surface area contributed by atoms with Crippen LogP contribution < -0.4 is 4.90 Å². The van der Waals surface area contributed by atoms with Crippen molar-refractivity contribution < 1.29 is 0 Å². The molecule has 2 heterocycles. The molecule has 0 fully saturated rings. The highest BCUT2D eigenvalue weighted by molar-refractivity contribution is 6.20. The topological polar surface area (TPSA) is 13.1 Å². The lowest BCUT2D eigenvalue weighted by atomic mass is 10.0. The van der Waals surface area contributed by atoms with Crippen LogP contribution in [0.15, 0.2) is 176 Å². The summed E-state index contributed by atoms with van der Waals surface area (Å²) in [5.41, 5.74) is 9.31. The highest BCUT2D eigenvalue weighted by Gasteiger charge is 2.17. The minimum Gasteiger partial charge on any atom is -0.317 e. The Morgan fingerprint density at radius 3 is 1.71 bits per heavy atom. The minimum absolute atomic E-state index is 1.11. The molecular formula is C42H29N3. The monoisotopic (exact) mass is 575 g/mol. The number of hydrogen-bond acceptors (Lipinski definition) is 1. The molecule has 0 saturated carbocycles. The predicted octanol–water partition coefficient (Wildman–Crippen LogP) is 11.4. The van der Waals surface area contributed by atoms with E-state index in [1.807, 2.05) is 0 Å². The molecule has 0 radical (unpaired) electrons. The molecule has 2 aromatic heterocycles. The minimum atomic E-state index is 1.11. The molecule has 7 aromatic carbocycles. The van der Waals surface area contributed by atoms with Crippen LogP contribution in [-0.4, -0.2) is 9.13 Å². The number of anilines is 3. The summed E-state index contributed by atoms with van der Waals surface area (Å²) in [5, 5.41) is 6.23. The number of fused-ring (bicyclic) bond motifs is 6. The average Bonchev–Trinajstić information content (AvgIpc) is 3.68. The third-order valence-electron chi connectivity index (χ3n) is 8.89. The first-order valence-corrected chi connectivity index (χ1v) is 15.4. The van der Waals surface area contributed by atoms with Gasteiger partial charge in [-0.3, -0.25) is 0 Å². The second-order valence-electron chi connectivity index (χ2n) is 11.5. The molecule has 3 heteroatoms. The number of nitrogens with zero attached hydrogens (tertiary/aromatic N) is 3. The average molecular weight is 576 g/mol. The van der Waals surface area contributed by atoms with Gasteiger partial charge in [0.05, 0.1) is 16.6 Å². The van der Waals surface area contributed by atoms with Gasteiger partial charge in [-0.25, -0.2) is 0 Å². The maximum atomic E-state index is 2.44. The smallest absolute Gasteiger partial charge is 0.0620 e. The summed E-state index contributed by atoms with van der Waals surface area (Å²) < 4.78 is 4.73. The summed E-state index contributed by atoms with van der Waals surface area (Å²) in [7, 11) is 0. The van der Waals surface area contributed by atoms with E-state index >= 15 is 0 Å². The first kappa shape index (κ1) is 25.4. The van der Waals surface area contributed by atoms with Crippen LogP contribution in [0.4, 0.5) is 17.1 Å². The third-order valence-corrected chi connectivity index (χ3v) is 8.89. The largest absolute Gasteiger partial charge is 0.317 e. The lowest BCUT2D eigenvalue weighted by Gasteiger charge is -2.25. The van der Waals surface area contributed by atoms with E-state index in [2.05, 4.69) is 190 Å². The maximum absolute atomic E-state index is 2.44. The van der Waals surface area contributed by atoms with Gasteiger partial charge in [0.25, 0.3) is 0 Å². The van der Waals surface area contributed by atoms with E-state index in [0.29, 0.717) is 0 Å². The zero-order chi connectivity index (χ0) is 29.7. The highest BCUT2D eigenvalue weighted by atomic mass is 15.1. The lowest BCUT2D eigenvalue weighted by Crippen LogP contribution is -2.09. The van der Waals surface area contributed by atoms with Gasteiger partial charge in [0.2, 0.25) is 0 Å². The molecule has 0 aliphatic rings. The van der Waals surface area contributed by atoms with Crippen molar-refractivity contribution in [2.45, 2.75) is 0 Å². The Morgan fingerprint density at radius 2 is 1.00 bits per heavy atom. The summed E-state index contributed by atoms with van der Waals surface area (Å²) in [6.07, 6.45) is 2.18. The molecule has 0 spiro atoms. The number of rotatable bonds is 5. The molecule has 0 amide bonds. The molecule has 9 aromatic rings. The van der Waals surface area contributed by atoms with Crippen LogP contribution >= 0.6 is 0 Å². The molecule has 0 aliphatic heterocycles. The molecule has 45 heavy (non-hydrogen) atoms. The number of benzene rings is 7. The summed E-state index contributed by atoms with van der Waals surface area (Å²) >= 11 is 0. The second kappa shape index (κ2) is 10.3. The van der Waals surface area contributed by atoms with Crippen molar-refractivity contribution in [3.63, 3.8) is 0 Å². The van der Waals surface area contributed by atoms with Crippen LogP contribution in [0.3, 0.4) is 0 Å². The van der Waals surface area contributed by atoms with Crippen molar-refractivity contribution >= 4 is 60.5 Å². The molecule has 3 nitrogen and oxygen atoms in total. The number of aromatic nitrogens is 2. The Labute approximate surface area is 261 Å². The van der Waals surface area contributed by atoms with Crippen LogP contribution in [0.1, 0.15) is 0 Å². The Morgan fingerprint density at radius 1 is 0.378 bits per heavy atom. The van der Waals surface area contributed by atoms with E-state index in [-0.39, 0.29) is 0 Å². The van der Waals surface area contributed by atoms with Gasteiger partial charge >= 0.3 is 0 Å². The molecule has 0 aliphatic carbocycles. The fraction of sp³-hybridized carbons (Fsp3) is 0. The third kappa shape index (κ3) is 4.13. The van der Waals surface area contributed by atoms with E-state index in [4.69, 9.17) is 0 Å². The maximum Gasteiger partial charge on any atom is 0.0620 e. The summed E-state index contributed by atoms with van der Waals surface area (Å²) in [6, 6.07) is 60.9. The van der Waals surface area contributed by atoms with Gasteiger partial charge in [0.15, 0.2) is 0 Å². The normalized spacial score (nSPS) is 11.6. The van der Waals surface area contributed by atoms with Crippen LogP contribution in [0.5, 0.6) is 0 Å². The molecule has 0 N–H and O–H groups in total. The summed E-state index contributed by atoms with van der Waals surface area (Å²) in [6.45, 7) is 0. The van der Waals surface area contributed by atoms with Gasteiger partial charge in [-0.05, 0) is 90.3 Å². The Kier molecular flexibility index (Phi) is 5.82. The Bertz CT molecular complexity index is 2420. The molecule has 0 saturated heterocycles. The van der Waals surface area contributed by atoms with Crippen molar-refractivity contribution in [3.8, 4) is 11.4 Å². The van der Waals surface area contributed by atoms with Gasteiger partial charge < -0.3 is 14.0 Å². The van der Waals surface area contributed by atoms with Crippen LogP contribution in [0.25, 0.3) is 54.9 Å². The van der Waals surface area contributed by atoms with E-state index in [9.17, 15) is 0 Å². The Balaban J connectivity index is 1.27. The molecular weight excluding hydrogens is 546 g/mol. The van der Waals surface area contributed by atoms with Gasteiger partial charge in [0.1, 0.15) is 0 Å². The fourth-order valence-electron chi connectivity index (χ4n) is 6.85. The van der Waals surface area contributed by atoms with E-state index in [0.717, 1.165) is 28.4 Å². The van der Waals surface area contributed by atoms with Gasteiger partial charge in [0, 0.05) is 56.2 Å².